The van der Waals surface area contributed by atoms with Crippen LogP contribution in [-0.2, 0) is 11.8 Å². The molecule has 0 bridgehead atoms. The summed E-state index contributed by atoms with van der Waals surface area (Å²) in [5.74, 6) is 0.156. The summed E-state index contributed by atoms with van der Waals surface area (Å²) in [6.45, 7) is 5.81. The van der Waals surface area contributed by atoms with Crippen LogP contribution in [0.2, 0.25) is 0 Å². The van der Waals surface area contributed by atoms with E-state index in [-0.39, 0.29) is 22.8 Å². The lowest BCUT2D eigenvalue weighted by atomic mass is 10.1. The molecule has 5 nitrogen and oxygen atoms in total. The van der Waals surface area contributed by atoms with Gasteiger partial charge in [0, 0.05) is 28.4 Å². The summed E-state index contributed by atoms with van der Waals surface area (Å²) in [6, 6.07) is 3.98. The van der Waals surface area contributed by atoms with E-state index in [0.29, 0.717) is 15.4 Å². The first-order valence-corrected chi connectivity index (χ1v) is 10.5. The minimum Gasteiger partial charge on any atom is -0.351 e. The molecule has 3 aromatic heterocycles. The van der Waals surface area contributed by atoms with Crippen LogP contribution in [0.25, 0.3) is 20.7 Å². The van der Waals surface area contributed by atoms with E-state index in [1.54, 1.807) is 18.4 Å². The number of amides is 1. The Morgan fingerprint density at radius 3 is 2.76 bits per heavy atom. The normalized spacial score (nSPS) is 11.8. The first kappa shape index (κ1) is 18.2. The number of carbonyl (C=O) groups is 1. The lowest BCUT2D eigenvalue weighted by Gasteiger charge is -2.20. The van der Waals surface area contributed by atoms with Gasteiger partial charge in [0.1, 0.15) is 4.83 Å². The van der Waals surface area contributed by atoms with Crippen LogP contribution in [0, 0.1) is 0 Å². The third kappa shape index (κ3) is 3.96. The minimum atomic E-state index is -0.274. The van der Waals surface area contributed by atoms with E-state index in [1.807, 2.05) is 43.7 Å². The Hall–Kier alpha value is -1.64. The van der Waals surface area contributed by atoms with Gasteiger partial charge in [-0.2, -0.15) is 0 Å². The molecule has 0 fully saturated rings. The Bertz CT molecular complexity index is 966. The van der Waals surface area contributed by atoms with Crippen LogP contribution in [0.4, 0.5) is 0 Å². The highest BCUT2D eigenvalue weighted by Crippen LogP contribution is 2.34. The molecular weight excluding hydrogens is 374 g/mol. The number of thioether (sulfide) groups is 1. The van der Waals surface area contributed by atoms with E-state index in [9.17, 15) is 9.59 Å². The van der Waals surface area contributed by atoms with Gasteiger partial charge in [0.15, 0.2) is 5.16 Å². The second-order valence-electron chi connectivity index (χ2n) is 6.65. The maximum atomic E-state index is 12.8. The third-order valence-electron chi connectivity index (χ3n) is 3.41. The van der Waals surface area contributed by atoms with Gasteiger partial charge in [-0.15, -0.1) is 22.7 Å². The van der Waals surface area contributed by atoms with Crippen LogP contribution in [0.3, 0.4) is 0 Å². The fourth-order valence-electron chi connectivity index (χ4n) is 2.38. The zero-order valence-electron chi connectivity index (χ0n) is 14.5. The summed E-state index contributed by atoms with van der Waals surface area (Å²) in [7, 11) is 1.70. The largest absolute Gasteiger partial charge is 0.351 e. The van der Waals surface area contributed by atoms with Gasteiger partial charge >= 0.3 is 0 Å². The average Bonchev–Trinajstić information content (AvgIpc) is 3.16. The number of aromatic nitrogens is 2. The molecule has 8 heteroatoms. The van der Waals surface area contributed by atoms with E-state index in [0.717, 1.165) is 10.4 Å². The molecule has 0 atom stereocenters. The van der Waals surface area contributed by atoms with Crippen molar-refractivity contribution < 1.29 is 4.79 Å². The molecule has 0 aliphatic carbocycles. The molecule has 3 heterocycles. The lowest BCUT2D eigenvalue weighted by molar-refractivity contribution is -0.119. The maximum Gasteiger partial charge on any atom is 0.263 e. The number of hydrogen-bond acceptors (Lipinski definition) is 6. The Morgan fingerprint density at radius 2 is 2.12 bits per heavy atom. The predicted octanol–water partition coefficient (Wildman–Crippen LogP) is 3.73. The van der Waals surface area contributed by atoms with Crippen molar-refractivity contribution in [3.05, 3.63) is 33.2 Å². The van der Waals surface area contributed by atoms with Crippen molar-refractivity contribution in [2.24, 2.45) is 7.05 Å². The summed E-state index contributed by atoms with van der Waals surface area (Å²) in [4.78, 5) is 31.2. The van der Waals surface area contributed by atoms with Crippen LogP contribution < -0.4 is 10.9 Å². The highest BCUT2D eigenvalue weighted by Gasteiger charge is 2.18. The molecule has 0 unspecified atom stereocenters. The van der Waals surface area contributed by atoms with Crippen molar-refractivity contribution in [2.75, 3.05) is 5.75 Å². The highest BCUT2D eigenvalue weighted by molar-refractivity contribution is 7.99. The molecule has 0 aliphatic rings. The minimum absolute atomic E-state index is 0.0719. The van der Waals surface area contributed by atoms with Gasteiger partial charge in [0.25, 0.3) is 5.56 Å². The van der Waals surface area contributed by atoms with Crippen molar-refractivity contribution in [2.45, 2.75) is 31.5 Å². The molecule has 0 saturated carbocycles. The van der Waals surface area contributed by atoms with Gasteiger partial charge in [-0.05, 0) is 32.2 Å². The summed E-state index contributed by atoms with van der Waals surface area (Å²) in [6.07, 6.45) is 0. The number of nitrogens with zero attached hydrogens (tertiary/aromatic N) is 2. The molecular formula is C17H19N3O2S3. The van der Waals surface area contributed by atoms with Crippen molar-refractivity contribution in [1.82, 2.24) is 14.9 Å². The molecule has 0 aliphatic heterocycles. The van der Waals surface area contributed by atoms with Gasteiger partial charge in [-0.3, -0.25) is 14.2 Å². The first-order chi connectivity index (χ1) is 11.8. The number of fused-ring (bicyclic) bond motifs is 1. The molecule has 0 saturated heterocycles. The fraction of sp³-hybridized carbons (Fsp3) is 0.353. The molecule has 25 heavy (non-hydrogen) atoms. The van der Waals surface area contributed by atoms with E-state index in [2.05, 4.69) is 10.3 Å². The van der Waals surface area contributed by atoms with Crippen molar-refractivity contribution in [3.63, 3.8) is 0 Å². The van der Waals surface area contributed by atoms with Crippen LogP contribution in [0.1, 0.15) is 20.8 Å². The molecule has 3 aromatic rings. The van der Waals surface area contributed by atoms with Gasteiger partial charge in [0.05, 0.1) is 11.1 Å². The van der Waals surface area contributed by atoms with Gasteiger partial charge in [-0.25, -0.2) is 4.98 Å². The zero-order valence-corrected chi connectivity index (χ0v) is 16.9. The summed E-state index contributed by atoms with van der Waals surface area (Å²) >= 11 is 4.35. The number of nitrogens with one attached hydrogen (secondary N) is 1. The highest BCUT2D eigenvalue weighted by atomic mass is 32.2. The monoisotopic (exact) mass is 393 g/mol. The first-order valence-electron chi connectivity index (χ1n) is 7.72. The quantitative estimate of drug-likeness (QED) is 0.542. The molecule has 0 aromatic carbocycles. The Labute approximate surface area is 158 Å². The number of hydrogen-bond donors (Lipinski definition) is 1. The van der Waals surface area contributed by atoms with Gasteiger partial charge in [0.2, 0.25) is 5.91 Å². The van der Waals surface area contributed by atoms with E-state index in [1.165, 1.54) is 27.7 Å². The van der Waals surface area contributed by atoms with Crippen molar-refractivity contribution >= 4 is 50.6 Å². The number of rotatable bonds is 4. The van der Waals surface area contributed by atoms with Crippen LogP contribution in [-0.4, -0.2) is 26.8 Å². The average molecular weight is 394 g/mol. The summed E-state index contributed by atoms with van der Waals surface area (Å²) < 4.78 is 1.53. The third-order valence-corrected chi connectivity index (χ3v) is 6.21. The standard InChI is InChI=1S/C17H19N3O2S3/c1-17(2,3)19-12(21)9-25-16-18-14-13(15(22)20(16)4)10(8-24-14)11-6-5-7-23-11/h5-8H,9H2,1-4H3,(H,19,21). The van der Waals surface area contributed by atoms with Crippen LogP contribution in [0.5, 0.6) is 0 Å². The second kappa shape index (κ2) is 6.93. The summed E-state index contributed by atoms with van der Waals surface area (Å²) in [5.41, 5.74) is 0.586. The van der Waals surface area contributed by atoms with Crippen molar-refractivity contribution in [3.8, 4) is 10.4 Å². The molecule has 1 amide bonds. The van der Waals surface area contributed by atoms with Gasteiger partial charge in [-0.1, -0.05) is 17.8 Å². The molecule has 0 radical (unpaired) electrons. The Balaban J connectivity index is 1.90. The molecule has 132 valence electrons. The van der Waals surface area contributed by atoms with E-state index in [4.69, 9.17) is 0 Å². The predicted molar refractivity (Wildman–Crippen MR) is 107 cm³/mol. The van der Waals surface area contributed by atoms with Gasteiger partial charge < -0.3 is 5.32 Å². The molecule has 1 N–H and O–H groups in total. The smallest absolute Gasteiger partial charge is 0.263 e. The molecule has 0 spiro atoms. The Morgan fingerprint density at radius 1 is 1.36 bits per heavy atom. The van der Waals surface area contributed by atoms with Crippen LogP contribution in [0.15, 0.2) is 32.8 Å². The van der Waals surface area contributed by atoms with E-state index >= 15 is 0 Å². The zero-order chi connectivity index (χ0) is 18.2. The maximum absolute atomic E-state index is 12.8. The summed E-state index contributed by atoms with van der Waals surface area (Å²) in [5, 5.41) is 8.09. The second-order valence-corrected chi connectivity index (χ2v) is 9.40. The number of carbonyl (C=O) groups excluding carboxylic acids is 1. The molecule has 3 rings (SSSR count). The van der Waals surface area contributed by atoms with Crippen LogP contribution >= 0.6 is 34.4 Å². The van der Waals surface area contributed by atoms with E-state index < -0.39 is 0 Å². The van der Waals surface area contributed by atoms with Crippen molar-refractivity contribution in [1.29, 1.82) is 0 Å². The Kier molecular flexibility index (Phi) is 5.04. The topological polar surface area (TPSA) is 64.0 Å². The lowest BCUT2D eigenvalue weighted by Crippen LogP contribution is -2.41. The fourth-order valence-corrected chi connectivity index (χ4v) is 4.95. The number of thiophene rings is 2. The SMILES string of the molecule is Cn1c(SCC(=O)NC(C)(C)C)nc2scc(-c3cccs3)c2c1=O.